The summed E-state index contributed by atoms with van der Waals surface area (Å²) >= 11 is 0. The highest BCUT2D eigenvalue weighted by Crippen LogP contribution is 2.36. The third-order valence-corrected chi connectivity index (χ3v) is 3.00. The number of nitrogens with zero attached hydrogens (tertiary/aromatic N) is 1. The van der Waals surface area contributed by atoms with Crippen molar-refractivity contribution < 1.29 is 14.3 Å². The van der Waals surface area contributed by atoms with Gasteiger partial charge in [0.05, 0.1) is 12.1 Å². The predicted octanol–water partition coefficient (Wildman–Crippen LogP) is 2.25. The summed E-state index contributed by atoms with van der Waals surface area (Å²) in [4.78, 5) is 18.7. The molecular formula is C14H14N2O3. The number of nitrogens with one attached hydrogen (secondary N) is 1. The molecule has 0 saturated heterocycles. The number of aryl methyl sites for hydroxylation is 1. The van der Waals surface area contributed by atoms with E-state index in [0.29, 0.717) is 12.2 Å². The van der Waals surface area contributed by atoms with Crippen LogP contribution in [0.1, 0.15) is 18.4 Å². The lowest BCUT2D eigenvalue weighted by atomic mass is 10.1. The first kappa shape index (κ1) is 11.8. The number of ketones is 1. The van der Waals surface area contributed by atoms with Gasteiger partial charge in [-0.3, -0.25) is 4.79 Å². The number of carbonyl (C=O) groups excluding carboxylic acids is 1. The minimum absolute atomic E-state index is 0.0889. The van der Waals surface area contributed by atoms with Crippen molar-refractivity contribution in [3.05, 3.63) is 29.7 Å². The van der Waals surface area contributed by atoms with E-state index in [9.17, 15) is 4.79 Å². The molecule has 3 rings (SSSR count). The molecule has 0 amide bonds. The van der Waals surface area contributed by atoms with Gasteiger partial charge in [0.1, 0.15) is 11.6 Å². The van der Waals surface area contributed by atoms with Crippen LogP contribution in [-0.2, 0) is 11.2 Å². The topological polar surface area (TPSA) is 64.2 Å². The Labute approximate surface area is 110 Å². The van der Waals surface area contributed by atoms with E-state index < -0.39 is 0 Å². The molecule has 5 heteroatoms. The fraction of sp³-hybridized carbons (Fsp3) is 0.286. The van der Waals surface area contributed by atoms with Crippen molar-refractivity contribution in [2.75, 3.05) is 6.79 Å². The predicted molar refractivity (Wildman–Crippen MR) is 69.3 cm³/mol. The summed E-state index contributed by atoms with van der Waals surface area (Å²) in [6.07, 6.45) is 0.325. The first-order chi connectivity index (χ1) is 9.13. The number of H-pyrrole nitrogens is 1. The standard InChI is InChI=1S/C14H14N2O3/c1-8(17)5-13-15-9(2)14(16-13)10-3-4-11-12(6-10)19-7-18-11/h3-4,6H,5,7H2,1-2H3,(H,15,16). The lowest BCUT2D eigenvalue weighted by molar-refractivity contribution is -0.116. The van der Waals surface area contributed by atoms with Crippen LogP contribution in [0.4, 0.5) is 0 Å². The third-order valence-electron chi connectivity index (χ3n) is 3.00. The number of fused-ring (bicyclic) bond motifs is 1. The highest BCUT2D eigenvalue weighted by molar-refractivity contribution is 5.77. The number of hydrogen-bond donors (Lipinski definition) is 1. The van der Waals surface area contributed by atoms with Gasteiger partial charge in [0.2, 0.25) is 6.79 Å². The monoisotopic (exact) mass is 258 g/mol. The zero-order valence-corrected chi connectivity index (χ0v) is 10.8. The van der Waals surface area contributed by atoms with Gasteiger partial charge in [-0.15, -0.1) is 0 Å². The van der Waals surface area contributed by atoms with E-state index in [0.717, 1.165) is 28.5 Å². The Morgan fingerprint density at radius 2 is 2.16 bits per heavy atom. The highest BCUT2D eigenvalue weighted by Gasteiger charge is 2.16. The van der Waals surface area contributed by atoms with Crippen LogP contribution in [0, 0.1) is 6.92 Å². The molecule has 1 aromatic carbocycles. The van der Waals surface area contributed by atoms with E-state index >= 15 is 0 Å². The summed E-state index contributed by atoms with van der Waals surface area (Å²) in [6, 6.07) is 5.72. The van der Waals surface area contributed by atoms with E-state index in [1.165, 1.54) is 0 Å². The van der Waals surface area contributed by atoms with Gasteiger partial charge < -0.3 is 14.5 Å². The molecule has 0 bridgehead atoms. The van der Waals surface area contributed by atoms with Gasteiger partial charge in [0.15, 0.2) is 11.5 Å². The van der Waals surface area contributed by atoms with E-state index in [-0.39, 0.29) is 12.6 Å². The molecule has 0 unspecified atom stereocenters. The number of benzene rings is 1. The first-order valence-electron chi connectivity index (χ1n) is 6.08. The van der Waals surface area contributed by atoms with Crippen molar-refractivity contribution in [3.8, 4) is 22.8 Å². The maximum absolute atomic E-state index is 11.1. The van der Waals surface area contributed by atoms with Gasteiger partial charge in [-0.1, -0.05) is 0 Å². The van der Waals surface area contributed by atoms with Crippen LogP contribution in [0.2, 0.25) is 0 Å². The normalized spacial score (nSPS) is 12.7. The molecule has 0 spiro atoms. The van der Waals surface area contributed by atoms with Crippen LogP contribution in [-0.4, -0.2) is 22.5 Å². The number of carbonyl (C=O) groups is 1. The SMILES string of the molecule is CC(=O)Cc1nc(-c2ccc3c(c2)OCO3)c(C)[nH]1. The van der Waals surface area contributed by atoms with Gasteiger partial charge in [-0.2, -0.15) is 0 Å². The van der Waals surface area contributed by atoms with E-state index in [1.54, 1.807) is 6.92 Å². The molecule has 1 aliphatic rings. The molecule has 1 aliphatic heterocycles. The largest absolute Gasteiger partial charge is 0.454 e. The summed E-state index contributed by atoms with van der Waals surface area (Å²) in [5, 5.41) is 0. The van der Waals surface area contributed by atoms with E-state index in [2.05, 4.69) is 9.97 Å². The quantitative estimate of drug-likeness (QED) is 0.917. The number of hydrogen-bond acceptors (Lipinski definition) is 4. The zero-order chi connectivity index (χ0) is 13.4. The van der Waals surface area contributed by atoms with Crippen molar-refractivity contribution in [3.63, 3.8) is 0 Å². The van der Waals surface area contributed by atoms with Crippen LogP contribution in [0.15, 0.2) is 18.2 Å². The Balaban J connectivity index is 1.97. The molecule has 2 aromatic rings. The van der Waals surface area contributed by atoms with Gasteiger partial charge in [-0.25, -0.2) is 4.98 Å². The second-order valence-electron chi connectivity index (χ2n) is 4.60. The second kappa shape index (κ2) is 4.42. The smallest absolute Gasteiger partial charge is 0.231 e. The molecule has 0 fully saturated rings. The van der Waals surface area contributed by atoms with Crippen LogP contribution in [0.25, 0.3) is 11.3 Å². The first-order valence-corrected chi connectivity index (χ1v) is 6.08. The molecule has 19 heavy (non-hydrogen) atoms. The highest BCUT2D eigenvalue weighted by atomic mass is 16.7. The number of imidazole rings is 1. The van der Waals surface area contributed by atoms with Crippen LogP contribution >= 0.6 is 0 Å². The lowest BCUT2D eigenvalue weighted by Gasteiger charge is -2.00. The second-order valence-corrected chi connectivity index (χ2v) is 4.60. The molecule has 1 aromatic heterocycles. The van der Waals surface area contributed by atoms with E-state index in [4.69, 9.17) is 9.47 Å². The fourth-order valence-corrected chi connectivity index (χ4v) is 2.17. The Morgan fingerprint density at radius 3 is 2.95 bits per heavy atom. The van der Waals surface area contributed by atoms with Crippen molar-refractivity contribution in [1.29, 1.82) is 0 Å². The third kappa shape index (κ3) is 2.19. The van der Waals surface area contributed by atoms with Gasteiger partial charge >= 0.3 is 0 Å². The average Bonchev–Trinajstić information content (AvgIpc) is 2.93. The van der Waals surface area contributed by atoms with Crippen LogP contribution in [0.3, 0.4) is 0 Å². The maximum atomic E-state index is 11.1. The van der Waals surface area contributed by atoms with Gasteiger partial charge in [-0.05, 0) is 32.0 Å². The molecule has 0 aliphatic carbocycles. The summed E-state index contributed by atoms with van der Waals surface area (Å²) < 4.78 is 10.6. The Hall–Kier alpha value is -2.30. The Morgan fingerprint density at radius 1 is 1.37 bits per heavy atom. The number of rotatable bonds is 3. The summed E-state index contributed by atoms with van der Waals surface area (Å²) in [5.41, 5.74) is 2.73. The zero-order valence-electron chi connectivity index (χ0n) is 10.8. The molecule has 0 radical (unpaired) electrons. The van der Waals surface area contributed by atoms with Crippen LogP contribution < -0.4 is 9.47 Å². The van der Waals surface area contributed by atoms with Crippen molar-refractivity contribution in [2.45, 2.75) is 20.3 Å². The van der Waals surface area contributed by atoms with Gasteiger partial charge in [0, 0.05) is 11.3 Å². The molecular weight excluding hydrogens is 244 g/mol. The number of ether oxygens (including phenoxy) is 2. The summed E-state index contributed by atoms with van der Waals surface area (Å²) in [5.74, 6) is 2.26. The molecule has 5 nitrogen and oxygen atoms in total. The van der Waals surface area contributed by atoms with Crippen molar-refractivity contribution in [2.24, 2.45) is 0 Å². The molecule has 0 atom stereocenters. The molecule has 2 heterocycles. The summed E-state index contributed by atoms with van der Waals surface area (Å²) in [6.45, 7) is 3.75. The lowest BCUT2D eigenvalue weighted by Crippen LogP contribution is -1.98. The molecule has 98 valence electrons. The number of Topliss-reactive ketones (excluding diaryl/α,β-unsaturated/α-hetero) is 1. The Kier molecular flexibility index (Phi) is 2.74. The van der Waals surface area contributed by atoms with Gasteiger partial charge in [0.25, 0.3) is 0 Å². The van der Waals surface area contributed by atoms with E-state index in [1.807, 2.05) is 25.1 Å². The van der Waals surface area contributed by atoms with Crippen molar-refractivity contribution >= 4 is 5.78 Å². The van der Waals surface area contributed by atoms with Crippen LogP contribution in [0.5, 0.6) is 11.5 Å². The molecule has 0 saturated carbocycles. The number of aromatic amines is 1. The number of aromatic nitrogens is 2. The molecule has 1 N–H and O–H groups in total. The minimum atomic E-state index is 0.0889. The average molecular weight is 258 g/mol. The Bertz CT molecular complexity index is 646. The summed E-state index contributed by atoms with van der Waals surface area (Å²) in [7, 11) is 0. The maximum Gasteiger partial charge on any atom is 0.231 e. The van der Waals surface area contributed by atoms with Crippen molar-refractivity contribution in [1.82, 2.24) is 9.97 Å². The minimum Gasteiger partial charge on any atom is -0.454 e. The fourth-order valence-electron chi connectivity index (χ4n) is 2.17.